The van der Waals surface area contributed by atoms with Crippen molar-refractivity contribution in [1.29, 1.82) is 0 Å². The Morgan fingerprint density at radius 1 is 1.13 bits per heavy atom. The van der Waals surface area contributed by atoms with Crippen LogP contribution in [0.25, 0.3) is 6.08 Å². The van der Waals surface area contributed by atoms with Crippen LogP contribution in [0, 0.1) is 0 Å². The van der Waals surface area contributed by atoms with E-state index in [0.717, 1.165) is 36.8 Å². The molecule has 1 aliphatic heterocycles. The van der Waals surface area contributed by atoms with Crippen LogP contribution >= 0.6 is 0 Å². The van der Waals surface area contributed by atoms with Crippen LogP contribution in [0.5, 0.6) is 0 Å². The van der Waals surface area contributed by atoms with Crippen molar-refractivity contribution in [3.63, 3.8) is 0 Å². The van der Waals surface area contributed by atoms with Crippen LogP contribution < -0.4 is 5.32 Å². The molecule has 1 aliphatic carbocycles. The summed E-state index contributed by atoms with van der Waals surface area (Å²) in [4.78, 5) is 12.1. The molecule has 1 aromatic rings. The predicted octanol–water partition coefficient (Wildman–Crippen LogP) is 1.94. The highest BCUT2D eigenvalue weighted by Crippen LogP contribution is 2.29. The van der Waals surface area contributed by atoms with Crippen LogP contribution in [0.2, 0.25) is 0 Å². The van der Waals surface area contributed by atoms with Crippen LogP contribution in [0.1, 0.15) is 36.8 Å². The molecular weight excluding hydrogens is 312 g/mol. The van der Waals surface area contributed by atoms with E-state index in [-0.39, 0.29) is 5.91 Å². The van der Waals surface area contributed by atoms with Gasteiger partial charge < -0.3 is 5.32 Å². The van der Waals surface area contributed by atoms with Gasteiger partial charge in [0.05, 0.1) is 4.90 Å². The van der Waals surface area contributed by atoms with E-state index in [4.69, 9.17) is 0 Å². The quantitative estimate of drug-likeness (QED) is 0.918. The first-order valence-electron chi connectivity index (χ1n) is 8.08. The number of hydrogen-bond acceptors (Lipinski definition) is 3. The number of nitrogens with one attached hydrogen (secondary N) is 1. The summed E-state index contributed by atoms with van der Waals surface area (Å²) >= 11 is 0. The molecule has 0 radical (unpaired) electrons. The van der Waals surface area contributed by atoms with Gasteiger partial charge in [0.1, 0.15) is 0 Å². The number of amides is 1. The largest absolute Gasteiger partial charge is 0.355 e. The van der Waals surface area contributed by atoms with E-state index in [9.17, 15) is 13.2 Å². The Labute approximate surface area is 137 Å². The van der Waals surface area contributed by atoms with Crippen molar-refractivity contribution in [3.8, 4) is 0 Å². The third-order valence-electron chi connectivity index (χ3n) is 4.55. The molecular formula is C17H22N2O3S. The van der Waals surface area contributed by atoms with Gasteiger partial charge in [-0.15, -0.1) is 0 Å². The van der Waals surface area contributed by atoms with Crippen LogP contribution in [0.15, 0.2) is 28.7 Å². The molecule has 1 aromatic carbocycles. The third kappa shape index (κ3) is 3.19. The van der Waals surface area contributed by atoms with Gasteiger partial charge in [0, 0.05) is 32.1 Å². The summed E-state index contributed by atoms with van der Waals surface area (Å²) in [6.07, 6.45) is 6.37. The second kappa shape index (κ2) is 6.45. The Morgan fingerprint density at radius 3 is 2.48 bits per heavy atom. The Kier molecular flexibility index (Phi) is 4.55. The number of hydrogen-bond donors (Lipinski definition) is 1. The number of likely N-dealkylation sites (N-methyl/N-ethyl adjacent to an activating group) is 1. The molecule has 0 saturated carbocycles. The first-order valence-corrected chi connectivity index (χ1v) is 9.52. The van der Waals surface area contributed by atoms with E-state index in [1.807, 2.05) is 6.07 Å². The molecule has 1 fully saturated rings. The van der Waals surface area contributed by atoms with Crippen molar-refractivity contribution in [2.45, 2.75) is 37.0 Å². The lowest BCUT2D eigenvalue weighted by atomic mass is 10.1. The molecule has 1 N–H and O–H groups in total. The number of nitrogens with zero attached hydrogens (tertiary/aromatic N) is 1. The monoisotopic (exact) mass is 334 g/mol. The summed E-state index contributed by atoms with van der Waals surface area (Å²) in [7, 11) is -1.85. The fourth-order valence-electron chi connectivity index (χ4n) is 3.21. The minimum atomic E-state index is -3.45. The SMILES string of the molecule is CNC(=O)C1=Cc2cc(S(=O)(=O)N3CCCCCC3)ccc2C1. The van der Waals surface area contributed by atoms with Gasteiger partial charge in [0.2, 0.25) is 15.9 Å². The molecule has 1 amide bonds. The maximum atomic E-state index is 12.8. The maximum absolute atomic E-state index is 12.8. The van der Waals surface area contributed by atoms with E-state index >= 15 is 0 Å². The van der Waals surface area contributed by atoms with E-state index in [1.165, 1.54) is 0 Å². The first kappa shape index (κ1) is 16.2. The summed E-state index contributed by atoms with van der Waals surface area (Å²) in [5, 5.41) is 2.61. The van der Waals surface area contributed by atoms with Crippen LogP contribution in [0.3, 0.4) is 0 Å². The van der Waals surface area contributed by atoms with Gasteiger partial charge >= 0.3 is 0 Å². The Bertz CT molecular complexity index is 745. The van der Waals surface area contributed by atoms with Crippen LogP contribution in [0.4, 0.5) is 0 Å². The lowest BCUT2D eigenvalue weighted by Crippen LogP contribution is -2.31. The van der Waals surface area contributed by atoms with Gasteiger partial charge in [-0.3, -0.25) is 4.79 Å². The van der Waals surface area contributed by atoms with Gasteiger partial charge in [-0.2, -0.15) is 4.31 Å². The summed E-state index contributed by atoms with van der Waals surface area (Å²) in [5.74, 6) is -0.113. The van der Waals surface area contributed by atoms with Gasteiger partial charge in [-0.1, -0.05) is 18.9 Å². The Morgan fingerprint density at radius 2 is 1.83 bits per heavy atom. The number of sulfonamides is 1. The number of rotatable bonds is 3. The molecule has 5 nitrogen and oxygen atoms in total. The summed E-state index contributed by atoms with van der Waals surface area (Å²) in [6, 6.07) is 5.19. The molecule has 1 saturated heterocycles. The Balaban J connectivity index is 1.90. The molecule has 0 atom stereocenters. The molecule has 0 unspecified atom stereocenters. The lowest BCUT2D eigenvalue weighted by molar-refractivity contribution is -0.117. The average Bonchev–Trinajstić information content (AvgIpc) is 2.77. The molecule has 0 spiro atoms. The smallest absolute Gasteiger partial charge is 0.247 e. The molecule has 0 bridgehead atoms. The second-order valence-corrected chi connectivity index (χ2v) is 8.04. The fraction of sp³-hybridized carbons (Fsp3) is 0.471. The summed E-state index contributed by atoms with van der Waals surface area (Å²) in [5.41, 5.74) is 2.50. The van der Waals surface area contributed by atoms with Gasteiger partial charge in [0.15, 0.2) is 0 Å². The predicted molar refractivity (Wildman–Crippen MR) is 89.4 cm³/mol. The molecule has 23 heavy (non-hydrogen) atoms. The van der Waals surface area contributed by atoms with Crippen molar-refractivity contribution in [2.75, 3.05) is 20.1 Å². The zero-order valence-electron chi connectivity index (χ0n) is 13.3. The van der Waals surface area contributed by atoms with Crippen molar-refractivity contribution >= 4 is 22.0 Å². The zero-order valence-corrected chi connectivity index (χ0v) is 14.2. The number of carbonyl (C=O) groups is 1. The highest BCUT2D eigenvalue weighted by Gasteiger charge is 2.27. The van der Waals surface area contributed by atoms with Crippen molar-refractivity contribution in [3.05, 3.63) is 34.9 Å². The number of benzene rings is 1. The third-order valence-corrected chi connectivity index (χ3v) is 6.44. The molecule has 124 valence electrons. The van der Waals surface area contributed by atoms with Gasteiger partial charge in [-0.25, -0.2) is 8.42 Å². The summed E-state index contributed by atoms with van der Waals surface area (Å²) < 4.78 is 27.3. The number of carbonyl (C=O) groups excluding carboxylic acids is 1. The zero-order chi connectivity index (χ0) is 16.4. The summed E-state index contributed by atoms with van der Waals surface area (Å²) in [6.45, 7) is 1.19. The van der Waals surface area contributed by atoms with Crippen LogP contribution in [-0.2, 0) is 21.2 Å². The maximum Gasteiger partial charge on any atom is 0.247 e. The molecule has 3 rings (SSSR count). The van der Waals surface area contributed by atoms with Crippen molar-refractivity contribution < 1.29 is 13.2 Å². The molecule has 2 aliphatic rings. The van der Waals surface area contributed by atoms with E-state index in [1.54, 1.807) is 29.6 Å². The molecule has 6 heteroatoms. The minimum absolute atomic E-state index is 0.113. The minimum Gasteiger partial charge on any atom is -0.355 e. The lowest BCUT2D eigenvalue weighted by Gasteiger charge is -2.20. The Hall–Kier alpha value is -1.66. The van der Waals surface area contributed by atoms with E-state index < -0.39 is 10.0 Å². The standard InChI is InChI=1S/C17H22N2O3S/c1-18-17(20)15-10-13-6-7-16(12-14(13)11-15)23(21,22)19-8-4-2-3-5-9-19/h6-7,11-12H,2-5,8-10H2,1H3,(H,18,20). The molecule has 1 heterocycles. The number of fused-ring (bicyclic) bond motifs is 1. The van der Waals surface area contributed by atoms with E-state index in [0.29, 0.717) is 30.0 Å². The van der Waals surface area contributed by atoms with E-state index in [2.05, 4.69) is 5.32 Å². The normalized spacial score (nSPS) is 18.9. The van der Waals surface area contributed by atoms with Crippen molar-refractivity contribution in [1.82, 2.24) is 9.62 Å². The first-order chi connectivity index (χ1) is 11.0. The highest BCUT2D eigenvalue weighted by molar-refractivity contribution is 7.89. The van der Waals surface area contributed by atoms with Crippen molar-refractivity contribution in [2.24, 2.45) is 0 Å². The van der Waals surface area contributed by atoms with Gasteiger partial charge in [-0.05, 0) is 42.2 Å². The van der Waals surface area contributed by atoms with Gasteiger partial charge in [0.25, 0.3) is 0 Å². The molecule has 0 aromatic heterocycles. The average molecular weight is 334 g/mol. The second-order valence-electron chi connectivity index (χ2n) is 6.10. The highest BCUT2D eigenvalue weighted by atomic mass is 32.2. The topological polar surface area (TPSA) is 66.5 Å². The fourth-order valence-corrected chi connectivity index (χ4v) is 4.76. The van der Waals surface area contributed by atoms with Crippen LogP contribution in [-0.4, -0.2) is 38.8 Å².